The van der Waals surface area contributed by atoms with Crippen LogP contribution in [0, 0.1) is 33.6 Å². The minimum Gasteiger partial charge on any atom is -0.509 e. The maximum atomic E-state index is 12.9. The van der Waals surface area contributed by atoms with Crippen molar-refractivity contribution in [1.29, 1.82) is 0 Å². The number of hydrogen-bond acceptors (Lipinski definition) is 3. The molecule has 1 aliphatic heterocycles. The summed E-state index contributed by atoms with van der Waals surface area (Å²) >= 11 is 0. The van der Waals surface area contributed by atoms with Crippen molar-refractivity contribution in [3.8, 4) is 0 Å². The maximum Gasteiger partial charge on any atom is 0.256 e. The first-order chi connectivity index (χ1) is 11.8. The minimum atomic E-state index is -0.620. The summed E-state index contributed by atoms with van der Waals surface area (Å²) < 4.78 is 5.31. The highest BCUT2D eigenvalue weighted by Gasteiger charge is 2.49. The molecule has 2 aliphatic rings. The highest BCUT2D eigenvalue weighted by Crippen LogP contribution is 2.44. The summed E-state index contributed by atoms with van der Waals surface area (Å²) in [6.45, 7) is 8.88. The lowest BCUT2D eigenvalue weighted by Crippen LogP contribution is -2.48. The Bertz CT molecular complexity index is 748. The Hall–Kier alpha value is -1.81. The third-order valence-corrected chi connectivity index (χ3v) is 6.13. The van der Waals surface area contributed by atoms with E-state index in [1.54, 1.807) is 7.11 Å². The molecule has 1 aromatic rings. The first-order valence-corrected chi connectivity index (χ1v) is 9.13. The molecule has 0 bridgehead atoms. The number of hydrogen-bond donors (Lipinski definition) is 2. The van der Waals surface area contributed by atoms with Gasteiger partial charge >= 0.3 is 0 Å². The summed E-state index contributed by atoms with van der Waals surface area (Å²) in [6.07, 6.45) is 3.59. The van der Waals surface area contributed by atoms with E-state index in [1.807, 2.05) is 13.8 Å². The second-order valence-electron chi connectivity index (χ2n) is 7.81. The lowest BCUT2D eigenvalue weighted by atomic mass is 9.75. The summed E-state index contributed by atoms with van der Waals surface area (Å²) in [6, 6.07) is 2.10. The molecule has 1 saturated carbocycles. The lowest BCUT2D eigenvalue weighted by Gasteiger charge is -2.37. The predicted molar refractivity (Wildman–Crippen MR) is 99.6 cm³/mol. The van der Waals surface area contributed by atoms with Gasteiger partial charge in [0.2, 0.25) is 0 Å². The molecule has 4 nitrogen and oxygen atoms in total. The van der Waals surface area contributed by atoms with Crippen LogP contribution in [-0.2, 0) is 9.53 Å². The van der Waals surface area contributed by atoms with Gasteiger partial charge in [-0.3, -0.25) is 4.79 Å². The van der Waals surface area contributed by atoms with Crippen molar-refractivity contribution in [2.75, 3.05) is 13.7 Å². The molecule has 4 heteroatoms. The lowest BCUT2D eigenvalue weighted by molar-refractivity contribution is -0.116. The van der Waals surface area contributed by atoms with Crippen molar-refractivity contribution >= 4 is 11.5 Å². The molecule has 1 fully saturated rings. The monoisotopic (exact) mass is 343 g/mol. The van der Waals surface area contributed by atoms with E-state index in [0.29, 0.717) is 18.1 Å². The highest BCUT2D eigenvalue weighted by atomic mass is 16.5. The molecule has 2 unspecified atom stereocenters. The van der Waals surface area contributed by atoms with E-state index in [0.717, 1.165) is 42.4 Å². The largest absolute Gasteiger partial charge is 0.509 e. The van der Waals surface area contributed by atoms with Crippen LogP contribution >= 0.6 is 0 Å². The highest BCUT2D eigenvalue weighted by molar-refractivity contribution is 6.24. The van der Waals surface area contributed by atoms with E-state index < -0.39 is 5.54 Å². The molecule has 136 valence electrons. The van der Waals surface area contributed by atoms with Gasteiger partial charge < -0.3 is 15.2 Å². The number of aliphatic hydroxyl groups is 1. The van der Waals surface area contributed by atoms with Gasteiger partial charge in [0.15, 0.2) is 0 Å². The molecule has 1 spiro atoms. The fourth-order valence-electron chi connectivity index (χ4n) is 4.68. The second kappa shape index (κ2) is 6.49. The van der Waals surface area contributed by atoms with Crippen LogP contribution in [-0.4, -0.2) is 30.3 Å². The van der Waals surface area contributed by atoms with Gasteiger partial charge in [0.1, 0.15) is 5.76 Å². The predicted octanol–water partition coefficient (Wildman–Crippen LogP) is 3.89. The van der Waals surface area contributed by atoms with Crippen molar-refractivity contribution in [2.45, 2.75) is 58.9 Å². The number of aliphatic hydroxyl groups excluding tert-OH is 1. The molecule has 0 aromatic heterocycles. The fraction of sp³-hybridized carbons (Fsp3) is 0.571. The molecule has 25 heavy (non-hydrogen) atoms. The molecule has 1 heterocycles. The van der Waals surface area contributed by atoms with E-state index in [1.165, 1.54) is 11.1 Å². The maximum absolute atomic E-state index is 12.9. The average Bonchev–Trinajstić information content (AvgIpc) is 2.77. The number of rotatable bonds is 3. The summed E-state index contributed by atoms with van der Waals surface area (Å²) in [4.78, 5) is 12.9. The van der Waals surface area contributed by atoms with Crippen molar-refractivity contribution in [3.05, 3.63) is 39.6 Å². The summed E-state index contributed by atoms with van der Waals surface area (Å²) in [5.74, 6) is 0.445. The Labute approximate surface area is 150 Å². The number of nitrogens with one attached hydrogen (secondary N) is 1. The van der Waals surface area contributed by atoms with Gasteiger partial charge in [0.05, 0.1) is 11.1 Å². The SMILES string of the molecule is COCC1CCCC2(C1)NC(=O)C(c1c(C)cc(C)c(C)c1C)=C2O. The van der Waals surface area contributed by atoms with Crippen LogP contribution in [0.25, 0.3) is 5.57 Å². The van der Waals surface area contributed by atoms with Gasteiger partial charge in [-0.25, -0.2) is 0 Å². The zero-order valence-corrected chi connectivity index (χ0v) is 16.0. The van der Waals surface area contributed by atoms with Crippen LogP contribution < -0.4 is 5.32 Å². The van der Waals surface area contributed by atoms with Gasteiger partial charge in [0.25, 0.3) is 5.91 Å². The number of ether oxygens (including phenoxy) is 1. The third-order valence-electron chi connectivity index (χ3n) is 6.13. The van der Waals surface area contributed by atoms with E-state index in [9.17, 15) is 9.90 Å². The van der Waals surface area contributed by atoms with Gasteiger partial charge in [-0.1, -0.05) is 12.5 Å². The number of methoxy groups -OCH3 is 1. The quantitative estimate of drug-likeness (QED) is 0.875. The third kappa shape index (κ3) is 2.86. The van der Waals surface area contributed by atoms with E-state index in [4.69, 9.17) is 4.74 Å². The molecule has 0 saturated heterocycles. The Kier molecular flexibility index (Phi) is 4.67. The zero-order valence-electron chi connectivity index (χ0n) is 16.0. The summed E-state index contributed by atoms with van der Waals surface area (Å²) in [7, 11) is 1.71. The van der Waals surface area contributed by atoms with E-state index >= 15 is 0 Å². The number of benzene rings is 1. The first kappa shape index (κ1) is 18.0. The van der Waals surface area contributed by atoms with E-state index in [2.05, 4.69) is 25.2 Å². The standard InChI is InChI=1S/C21H29NO3/c1-12-9-13(2)17(15(4)14(12)3)18-19(23)21(22-20(18)24)8-6-7-16(10-21)11-25-5/h9,16,23H,6-8,10-11H2,1-5H3,(H,22,24). The first-order valence-electron chi connectivity index (χ1n) is 9.13. The van der Waals surface area contributed by atoms with Gasteiger partial charge in [-0.2, -0.15) is 0 Å². The average molecular weight is 343 g/mol. The zero-order chi connectivity index (χ0) is 18.4. The van der Waals surface area contributed by atoms with Crippen LogP contribution in [0.2, 0.25) is 0 Å². The topological polar surface area (TPSA) is 58.6 Å². The molecule has 1 amide bonds. The molecular formula is C21H29NO3. The molecule has 2 atom stereocenters. The smallest absolute Gasteiger partial charge is 0.256 e. The van der Waals surface area contributed by atoms with Crippen LogP contribution in [0.3, 0.4) is 0 Å². The normalized spacial score (nSPS) is 26.4. The second-order valence-corrected chi connectivity index (χ2v) is 7.81. The number of carbonyl (C=O) groups is 1. The summed E-state index contributed by atoms with van der Waals surface area (Å²) in [5, 5.41) is 14.3. The Morgan fingerprint density at radius 1 is 1.24 bits per heavy atom. The van der Waals surface area contributed by atoms with Gasteiger partial charge in [-0.15, -0.1) is 0 Å². The Morgan fingerprint density at radius 3 is 2.64 bits per heavy atom. The number of carbonyl (C=O) groups excluding carboxylic acids is 1. The molecule has 2 N–H and O–H groups in total. The van der Waals surface area contributed by atoms with Crippen LogP contribution in [0.1, 0.15) is 53.5 Å². The molecule has 1 aliphatic carbocycles. The van der Waals surface area contributed by atoms with Crippen molar-refractivity contribution in [3.63, 3.8) is 0 Å². The fourth-order valence-corrected chi connectivity index (χ4v) is 4.68. The van der Waals surface area contributed by atoms with Crippen LogP contribution in [0.4, 0.5) is 0 Å². The Balaban J connectivity index is 2.09. The molecule has 0 radical (unpaired) electrons. The number of aryl methyl sites for hydroxylation is 2. The van der Waals surface area contributed by atoms with Crippen LogP contribution in [0.15, 0.2) is 11.8 Å². The van der Waals surface area contributed by atoms with Gasteiger partial charge in [-0.05, 0) is 80.7 Å². The molecular weight excluding hydrogens is 314 g/mol. The minimum absolute atomic E-state index is 0.148. The van der Waals surface area contributed by atoms with Crippen molar-refractivity contribution < 1.29 is 14.6 Å². The Morgan fingerprint density at radius 2 is 1.96 bits per heavy atom. The van der Waals surface area contributed by atoms with Crippen molar-refractivity contribution in [1.82, 2.24) is 5.32 Å². The van der Waals surface area contributed by atoms with Crippen molar-refractivity contribution in [2.24, 2.45) is 5.92 Å². The van der Waals surface area contributed by atoms with E-state index in [-0.39, 0.29) is 11.7 Å². The van der Waals surface area contributed by atoms with Gasteiger partial charge in [0, 0.05) is 13.7 Å². The molecule has 3 rings (SSSR count). The van der Waals surface area contributed by atoms with Crippen LogP contribution in [0.5, 0.6) is 0 Å². The summed E-state index contributed by atoms with van der Waals surface area (Å²) in [5.41, 5.74) is 5.25. The number of amides is 1. The molecule has 1 aromatic carbocycles.